The molecule has 1 aliphatic heterocycles. The first-order valence-electron chi connectivity index (χ1n) is 9.52. The molecule has 0 unspecified atom stereocenters. The highest BCUT2D eigenvalue weighted by Gasteiger charge is 2.36. The molecule has 2 aromatic rings. The van der Waals surface area contributed by atoms with Gasteiger partial charge in [-0.25, -0.2) is 8.78 Å². The van der Waals surface area contributed by atoms with Crippen LogP contribution < -0.4 is 4.90 Å². The van der Waals surface area contributed by atoms with Crippen molar-refractivity contribution in [2.75, 3.05) is 18.0 Å². The van der Waals surface area contributed by atoms with E-state index in [1.54, 1.807) is 23.1 Å². The molecule has 0 radical (unpaired) electrons. The van der Waals surface area contributed by atoms with Gasteiger partial charge in [-0.15, -0.1) is 0 Å². The van der Waals surface area contributed by atoms with Crippen LogP contribution in [0.4, 0.5) is 14.5 Å². The van der Waals surface area contributed by atoms with Crippen LogP contribution in [0, 0.1) is 23.0 Å². The number of nitrogens with zero attached hydrogens (tertiary/aromatic N) is 3. The second kappa shape index (κ2) is 8.58. The van der Waals surface area contributed by atoms with Gasteiger partial charge in [0.25, 0.3) is 5.91 Å². The maximum atomic E-state index is 14.4. The summed E-state index contributed by atoms with van der Waals surface area (Å²) in [5.74, 6) is -2.25. The van der Waals surface area contributed by atoms with Gasteiger partial charge in [0.05, 0.1) is 10.6 Å². The Morgan fingerprint density at radius 3 is 2.73 bits per heavy atom. The molecule has 0 bridgehead atoms. The number of aliphatic hydroxyl groups is 1. The highest BCUT2D eigenvalue weighted by Crippen LogP contribution is 2.30. The lowest BCUT2D eigenvalue weighted by Crippen LogP contribution is -2.46. The Hall–Kier alpha value is -2.69. The number of rotatable bonds is 5. The van der Waals surface area contributed by atoms with Crippen molar-refractivity contribution in [2.45, 2.75) is 38.5 Å². The Kier molecular flexibility index (Phi) is 6.30. The third-order valence-corrected chi connectivity index (χ3v) is 5.50. The van der Waals surface area contributed by atoms with Gasteiger partial charge in [0.1, 0.15) is 11.7 Å². The fraction of sp³-hybridized carbons (Fsp3) is 0.364. The molecular formula is C22H22ClF2N3O2. The van der Waals surface area contributed by atoms with E-state index < -0.39 is 17.2 Å². The van der Waals surface area contributed by atoms with Crippen molar-refractivity contribution in [3.63, 3.8) is 0 Å². The lowest BCUT2D eigenvalue weighted by molar-refractivity contribution is -0.146. The zero-order valence-corrected chi connectivity index (χ0v) is 17.5. The van der Waals surface area contributed by atoms with E-state index in [0.29, 0.717) is 30.8 Å². The van der Waals surface area contributed by atoms with E-state index in [1.807, 2.05) is 11.0 Å². The molecule has 0 spiro atoms. The minimum absolute atomic E-state index is 0.0566. The summed E-state index contributed by atoms with van der Waals surface area (Å²) >= 11 is 6.20. The molecule has 1 fully saturated rings. The molecule has 2 aromatic carbocycles. The number of amides is 1. The van der Waals surface area contributed by atoms with Crippen molar-refractivity contribution in [2.24, 2.45) is 0 Å². The number of benzene rings is 2. The quantitative estimate of drug-likeness (QED) is 0.777. The SMILES string of the molecule is CC(C)(O)C(=O)N1CC[C@H](N(Cc2cccc(F)c2F)c2ccc(C#N)c(Cl)c2)C1. The molecule has 0 aliphatic carbocycles. The van der Waals surface area contributed by atoms with Crippen molar-refractivity contribution < 1.29 is 18.7 Å². The minimum Gasteiger partial charge on any atom is -0.381 e. The number of halogens is 3. The first kappa shape index (κ1) is 22.0. The molecule has 1 N–H and O–H groups in total. The van der Waals surface area contributed by atoms with E-state index in [-0.39, 0.29) is 29.1 Å². The van der Waals surface area contributed by atoms with Gasteiger partial charge in [-0.05, 0) is 44.5 Å². The first-order chi connectivity index (χ1) is 14.1. The van der Waals surface area contributed by atoms with E-state index in [9.17, 15) is 18.7 Å². The van der Waals surface area contributed by atoms with Crippen LogP contribution in [-0.4, -0.2) is 40.6 Å². The molecule has 1 heterocycles. The summed E-state index contributed by atoms with van der Waals surface area (Å²) in [6.07, 6.45) is 0.580. The van der Waals surface area contributed by atoms with Crippen LogP contribution in [0.5, 0.6) is 0 Å². The number of likely N-dealkylation sites (tertiary alicyclic amines) is 1. The minimum atomic E-state index is -1.49. The molecule has 3 rings (SSSR count). The van der Waals surface area contributed by atoms with Crippen molar-refractivity contribution in [1.29, 1.82) is 5.26 Å². The molecule has 1 aliphatic rings. The van der Waals surface area contributed by atoms with Gasteiger partial charge < -0.3 is 14.9 Å². The zero-order valence-electron chi connectivity index (χ0n) is 16.7. The second-order valence-electron chi connectivity index (χ2n) is 7.87. The highest BCUT2D eigenvalue weighted by molar-refractivity contribution is 6.32. The summed E-state index contributed by atoms with van der Waals surface area (Å²) in [7, 11) is 0. The predicted octanol–water partition coefficient (Wildman–Crippen LogP) is 3.87. The Bertz CT molecular complexity index is 1000. The topological polar surface area (TPSA) is 67.6 Å². The average Bonchev–Trinajstić information content (AvgIpc) is 3.17. The summed E-state index contributed by atoms with van der Waals surface area (Å²) in [6, 6.07) is 10.7. The molecule has 1 amide bonds. The third-order valence-electron chi connectivity index (χ3n) is 5.19. The molecule has 1 atom stereocenters. The predicted molar refractivity (Wildman–Crippen MR) is 110 cm³/mol. The lowest BCUT2D eigenvalue weighted by atomic mass is 10.1. The Labute approximate surface area is 179 Å². The maximum absolute atomic E-state index is 14.4. The van der Waals surface area contributed by atoms with Crippen LogP contribution in [-0.2, 0) is 11.3 Å². The van der Waals surface area contributed by atoms with Crippen molar-refractivity contribution in [3.8, 4) is 6.07 Å². The van der Waals surface area contributed by atoms with Crippen LogP contribution in [0.2, 0.25) is 5.02 Å². The standard InChI is InChI=1S/C22H22ClF2N3O2/c1-22(2,30)21(29)27-9-8-17(13-27)28(12-15-4-3-5-19(24)20(15)25)16-7-6-14(11-26)18(23)10-16/h3-7,10,17,30H,8-9,12-13H2,1-2H3/t17-/m0/s1. The number of carbonyl (C=O) groups is 1. The molecule has 0 saturated carbocycles. The molecular weight excluding hydrogens is 412 g/mol. The molecule has 1 saturated heterocycles. The van der Waals surface area contributed by atoms with Gasteiger partial charge >= 0.3 is 0 Å². The monoisotopic (exact) mass is 433 g/mol. The van der Waals surface area contributed by atoms with Crippen LogP contribution in [0.15, 0.2) is 36.4 Å². The fourth-order valence-electron chi connectivity index (χ4n) is 3.63. The zero-order chi connectivity index (χ0) is 22.1. The summed E-state index contributed by atoms with van der Waals surface area (Å²) in [4.78, 5) is 15.9. The third kappa shape index (κ3) is 4.55. The number of hydrogen-bond acceptors (Lipinski definition) is 4. The van der Waals surface area contributed by atoms with Gasteiger partial charge in [0.2, 0.25) is 0 Å². The number of carbonyl (C=O) groups excluding carboxylic acids is 1. The second-order valence-corrected chi connectivity index (χ2v) is 8.28. The van der Waals surface area contributed by atoms with Gasteiger partial charge in [0.15, 0.2) is 11.6 Å². The first-order valence-corrected chi connectivity index (χ1v) is 9.90. The van der Waals surface area contributed by atoms with Crippen LogP contribution in [0.25, 0.3) is 0 Å². The smallest absolute Gasteiger partial charge is 0.254 e. The molecule has 8 heteroatoms. The summed E-state index contributed by atoms with van der Waals surface area (Å²) < 4.78 is 28.1. The van der Waals surface area contributed by atoms with Crippen LogP contribution in [0.3, 0.4) is 0 Å². The summed E-state index contributed by atoms with van der Waals surface area (Å²) in [5, 5.41) is 19.4. The molecule has 30 heavy (non-hydrogen) atoms. The van der Waals surface area contributed by atoms with E-state index in [1.165, 1.54) is 26.0 Å². The van der Waals surface area contributed by atoms with Crippen LogP contribution in [0.1, 0.15) is 31.4 Å². The van der Waals surface area contributed by atoms with Gasteiger partial charge in [-0.2, -0.15) is 5.26 Å². The lowest BCUT2D eigenvalue weighted by Gasteiger charge is -2.32. The van der Waals surface area contributed by atoms with Gasteiger partial charge in [-0.1, -0.05) is 23.7 Å². The molecule has 158 valence electrons. The number of hydrogen-bond donors (Lipinski definition) is 1. The summed E-state index contributed by atoms with van der Waals surface area (Å²) in [5.41, 5.74) is -0.387. The van der Waals surface area contributed by atoms with E-state index >= 15 is 0 Å². The molecule has 0 aromatic heterocycles. The van der Waals surface area contributed by atoms with E-state index in [0.717, 1.165) is 6.07 Å². The highest BCUT2D eigenvalue weighted by atomic mass is 35.5. The number of nitriles is 1. The Balaban J connectivity index is 1.94. The van der Waals surface area contributed by atoms with Gasteiger partial charge in [-0.3, -0.25) is 4.79 Å². The van der Waals surface area contributed by atoms with Crippen molar-refractivity contribution in [1.82, 2.24) is 4.90 Å². The summed E-state index contributed by atoms with van der Waals surface area (Å²) in [6.45, 7) is 3.67. The Morgan fingerprint density at radius 2 is 2.10 bits per heavy atom. The van der Waals surface area contributed by atoms with Crippen molar-refractivity contribution in [3.05, 3.63) is 64.2 Å². The fourth-order valence-corrected chi connectivity index (χ4v) is 3.84. The van der Waals surface area contributed by atoms with Crippen LogP contribution >= 0.6 is 11.6 Å². The Morgan fingerprint density at radius 1 is 1.37 bits per heavy atom. The maximum Gasteiger partial charge on any atom is 0.254 e. The van der Waals surface area contributed by atoms with E-state index in [2.05, 4.69) is 0 Å². The van der Waals surface area contributed by atoms with Crippen molar-refractivity contribution >= 4 is 23.2 Å². The van der Waals surface area contributed by atoms with Gasteiger partial charge in [0, 0.05) is 36.9 Å². The average molecular weight is 434 g/mol. The number of anilines is 1. The van der Waals surface area contributed by atoms with E-state index in [4.69, 9.17) is 16.9 Å². The normalized spacial score (nSPS) is 16.4. The largest absolute Gasteiger partial charge is 0.381 e. The molecule has 5 nitrogen and oxygen atoms in total.